The largest absolute Gasteiger partial charge is 0.434 e. The molecule has 0 aliphatic heterocycles. The van der Waals surface area contributed by atoms with E-state index in [-0.39, 0.29) is 28.2 Å². The van der Waals surface area contributed by atoms with E-state index in [1.807, 2.05) is 0 Å². The van der Waals surface area contributed by atoms with Crippen molar-refractivity contribution in [2.75, 3.05) is 0 Å². The number of benzene rings is 1. The smallest absolute Gasteiger partial charge is 0.387 e. The molecule has 3 aromatic heterocycles. The van der Waals surface area contributed by atoms with Gasteiger partial charge in [0.1, 0.15) is 28.5 Å². The third kappa shape index (κ3) is 4.69. The molecule has 4 aromatic rings. The lowest BCUT2D eigenvalue weighted by molar-refractivity contribution is -0.0506. The monoisotopic (exact) mass is 521 g/mol. The lowest BCUT2D eigenvalue weighted by Gasteiger charge is -2.15. The van der Waals surface area contributed by atoms with E-state index >= 15 is 0 Å². The molecule has 0 spiro atoms. The number of aryl methyl sites for hydroxylation is 1. The van der Waals surface area contributed by atoms with E-state index in [4.69, 9.17) is 0 Å². The van der Waals surface area contributed by atoms with Crippen molar-refractivity contribution >= 4 is 27.1 Å². The van der Waals surface area contributed by atoms with Crippen LogP contribution in [0.3, 0.4) is 0 Å². The second kappa shape index (κ2) is 8.71. The van der Waals surface area contributed by atoms with Crippen LogP contribution >= 0.6 is 15.9 Å². The maximum Gasteiger partial charge on any atom is 0.387 e. The van der Waals surface area contributed by atoms with Crippen LogP contribution in [-0.2, 0) is 12.1 Å². The van der Waals surface area contributed by atoms with Gasteiger partial charge in [-0.05, 0) is 61.0 Å². The van der Waals surface area contributed by atoms with Crippen molar-refractivity contribution < 1.29 is 23.0 Å². The van der Waals surface area contributed by atoms with Gasteiger partial charge in [-0.2, -0.15) is 8.78 Å². The van der Waals surface area contributed by atoms with Crippen LogP contribution in [0.4, 0.5) is 13.2 Å². The summed E-state index contributed by atoms with van der Waals surface area (Å²) >= 11 is 3.09. The number of alkyl halides is 2. The zero-order valence-electron chi connectivity index (χ0n) is 17.9. The van der Waals surface area contributed by atoms with Gasteiger partial charge in [0.15, 0.2) is 11.5 Å². The molecule has 0 aliphatic carbocycles. The van der Waals surface area contributed by atoms with Gasteiger partial charge in [-0.25, -0.2) is 24.3 Å². The van der Waals surface area contributed by atoms with Gasteiger partial charge in [-0.1, -0.05) is 0 Å². The summed E-state index contributed by atoms with van der Waals surface area (Å²) in [5.41, 5.74) is 0.876. The molecule has 11 heteroatoms. The number of nitrogens with zero attached hydrogens (tertiary/aromatic N) is 5. The zero-order chi connectivity index (χ0) is 23.9. The van der Waals surface area contributed by atoms with Gasteiger partial charge in [-0.3, -0.25) is 0 Å². The van der Waals surface area contributed by atoms with Crippen LogP contribution in [0.15, 0.2) is 41.1 Å². The Labute approximate surface area is 195 Å². The van der Waals surface area contributed by atoms with Crippen molar-refractivity contribution in [1.29, 1.82) is 0 Å². The van der Waals surface area contributed by atoms with E-state index < -0.39 is 18.0 Å². The predicted molar refractivity (Wildman–Crippen MR) is 118 cm³/mol. The van der Waals surface area contributed by atoms with Crippen molar-refractivity contribution in [2.45, 2.75) is 39.5 Å². The minimum absolute atomic E-state index is 0.0582. The number of aliphatic hydroxyl groups is 1. The first-order chi connectivity index (χ1) is 15.5. The van der Waals surface area contributed by atoms with Crippen LogP contribution in [0.1, 0.15) is 31.1 Å². The molecule has 4 rings (SSSR count). The molecular formula is C22H19BrF3N5O2. The molecule has 1 N–H and O–H groups in total. The van der Waals surface area contributed by atoms with Gasteiger partial charge in [0, 0.05) is 18.0 Å². The number of hydrogen-bond acceptors (Lipinski definition) is 6. The Morgan fingerprint density at radius 3 is 2.45 bits per heavy atom. The Morgan fingerprint density at radius 1 is 1.12 bits per heavy atom. The Hall–Kier alpha value is -3.05. The summed E-state index contributed by atoms with van der Waals surface area (Å²) in [5, 5.41) is 10.0. The molecule has 0 saturated heterocycles. The Kier molecular flexibility index (Phi) is 6.10. The first kappa shape index (κ1) is 23.1. The second-order valence-corrected chi connectivity index (χ2v) is 8.71. The van der Waals surface area contributed by atoms with Gasteiger partial charge in [0.25, 0.3) is 0 Å². The fourth-order valence-corrected chi connectivity index (χ4v) is 3.70. The van der Waals surface area contributed by atoms with E-state index in [1.54, 1.807) is 49.9 Å². The molecule has 7 nitrogen and oxygen atoms in total. The highest BCUT2D eigenvalue weighted by Crippen LogP contribution is 2.31. The minimum Gasteiger partial charge on any atom is -0.434 e. The summed E-state index contributed by atoms with van der Waals surface area (Å²) < 4.78 is 46.9. The second-order valence-electron chi connectivity index (χ2n) is 7.86. The highest BCUT2D eigenvalue weighted by atomic mass is 79.9. The number of fused-ring (bicyclic) bond motifs is 1. The number of hydrogen-bond donors (Lipinski definition) is 1. The summed E-state index contributed by atoms with van der Waals surface area (Å²) in [7, 11) is 0. The highest BCUT2D eigenvalue weighted by Gasteiger charge is 2.21. The van der Waals surface area contributed by atoms with Crippen molar-refractivity contribution in [3.63, 3.8) is 0 Å². The number of aromatic nitrogens is 5. The summed E-state index contributed by atoms with van der Waals surface area (Å²) in [4.78, 5) is 17.5. The van der Waals surface area contributed by atoms with Crippen LogP contribution in [0.2, 0.25) is 0 Å². The molecule has 0 unspecified atom stereocenters. The van der Waals surface area contributed by atoms with Crippen LogP contribution in [-0.4, -0.2) is 36.2 Å². The minimum atomic E-state index is -3.10. The fourth-order valence-electron chi connectivity index (χ4n) is 3.33. The normalized spacial score (nSPS) is 12.0. The van der Waals surface area contributed by atoms with Crippen LogP contribution in [0.25, 0.3) is 22.4 Å². The summed E-state index contributed by atoms with van der Waals surface area (Å²) in [6, 6.07) is 6.08. The van der Waals surface area contributed by atoms with Crippen molar-refractivity contribution in [3.05, 3.63) is 64.2 Å². The molecule has 0 aliphatic rings. The van der Waals surface area contributed by atoms with E-state index in [2.05, 4.69) is 40.6 Å². The standard InChI is InChI=1S/C22H19BrF3N5O2/c1-11-29-16-6-5-15(12-8-27-20(28-9-12)22(2,3)32)30-19(16)31(11)10-13-17(33-21(25)26)7-4-14(23)18(13)24/h4-9,21,32H,10H2,1-3H3. The predicted octanol–water partition coefficient (Wildman–Crippen LogP) is 4.98. The molecule has 0 fully saturated rings. The third-order valence-electron chi connectivity index (χ3n) is 4.96. The summed E-state index contributed by atoms with van der Waals surface area (Å²) in [6.07, 6.45) is 3.09. The van der Waals surface area contributed by atoms with E-state index in [0.29, 0.717) is 28.2 Å². The van der Waals surface area contributed by atoms with Crippen molar-refractivity contribution in [2.24, 2.45) is 0 Å². The molecule has 0 atom stereocenters. The van der Waals surface area contributed by atoms with E-state index in [0.717, 1.165) is 0 Å². The van der Waals surface area contributed by atoms with Crippen molar-refractivity contribution in [3.8, 4) is 17.0 Å². The van der Waals surface area contributed by atoms with Gasteiger partial charge in [0.05, 0.1) is 22.3 Å². The van der Waals surface area contributed by atoms with Gasteiger partial charge in [-0.15, -0.1) is 0 Å². The molecular weight excluding hydrogens is 503 g/mol. The number of pyridine rings is 1. The summed E-state index contributed by atoms with van der Waals surface area (Å²) in [5.74, 6) is -0.185. The van der Waals surface area contributed by atoms with Gasteiger partial charge >= 0.3 is 6.61 Å². The molecule has 33 heavy (non-hydrogen) atoms. The lowest BCUT2D eigenvalue weighted by atomic mass is 10.1. The zero-order valence-corrected chi connectivity index (χ0v) is 19.4. The SMILES string of the molecule is Cc1nc2ccc(-c3cnc(C(C)(C)O)nc3)nc2n1Cc1c(OC(F)F)ccc(Br)c1F. The van der Waals surface area contributed by atoms with E-state index in [1.165, 1.54) is 12.1 Å². The van der Waals surface area contributed by atoms with E-state index in [9.17, 15) is 18.3 Å². The lowest BCUT2D eigenvalue weighted by Crippen LogP contribution is -2.19. The maximum absolute atomic E-state index is 14.9. The molecule has 0 amide bonds. The average Bonchev–Trinajstić information content (AvgIpc) is 3.06. The fraction of sp³-hybridized carbons (Fsp3) is 0.273. The average molecular weight is 522 g/mol. The third-order valence-corrected chi connectivity index (χ3v) is 5.58. The van der Waals surface area contributed by atoms with Crippen LogP contribution in [0, 0.1) is 12.7 Å². The molecule has 172 valence electrons. The summed E-state index contributed by atoms with van der Waals surface area (Å²) in [6.45, 7) is 1.66. The highest BCUT2D eigenvalue weighted by molar-refractivity contribution is 9.10. The Morgan fingerprint density at radius 2 is 1.82 bits per heavy atom. The first-order valence-corrected chi connectivity index (χ1v) is 10.6. The van der Waals surface area contributed by atoms with Gasteiger partial charge in [0.2, 0.25) is 0 Å². The maximum atomic E-state index is 14.9. The molecule has 0 saturated carbocycles. The van der Waals surface area contributed by atoms with Gasteiger partial charge < -0.3 is 14.4 Å². The van der Waals surface area contributed by atoms with Crippen molar-refractivity contribution in [1.82, 2.24) is 24.5 Å². The topological polar surface area (TPSA) is 86.0 Å². The molecule has 1 aromatic carbocycles. The number of rotatable bonds is 6. The number of halogens is 4. The Balaban J connectivity index is 1.78. The number of ether oxygens (including phenoxy) is 1. The molecule has 0 bridgehead atoms. The van der Waals surface area contributed by atoms with Crippen LogP contribution in [0.5, 0.6) is 5.75 Å². The quantitative estimate of drug-likeness (QED) is 0.385. The Bertz CT molecular complexity index is 1320. The van der Waals surface area contributed by atoms with Crippen LogP contribution < -0.4 is 4.74 Å². The molecule has 0 radical (unpaired) electrons. The molecule has 3 heterocycles. The number of imidazole rings is 1. The first-order valence-electron chi connectivity index (χ1n) is 9.85.